The number of aryl methyl sites for hydroxylation is 1. The molecule has 5 rings (SSSR count). The van der Waals surface area contributed by atoms with Gasteiger partial charge in [0.25, 0.3) is 0 Å². The third kappa shape index (κ3) is 4.70. The van der Waals surface area contributed by atoms with Crippen molar-refractivity contribution in [3.8, 4) is 17.2 Å². The molecule has 34 heavy (non-hydrogen) atoms. The summed E-state index contributed by atoms with van der Waals surface area (Å²) in [4.78, 5) is 16.2. The Bertz CT molecular complexity index is 1210. The van der Waals surface area contributed by atoms with E-state index in [-0.39, 0.29) is 17.3 Å². The number of allylic oxidation sites excluding steroid dienone is 2. The van der Waals surface area contributed by atoms with Crippen molar-refractivity contribution in [3.63, 3.8) is 0 Å². The van der Waals surface area contributed by atoms with Gasteiger partial charge in [0.2, 0.25) is 0 Å². The van der Waals surface area contributed by atoms with E-state index in [1.807, 2.05) is 42.5 Å². The molecule has 1 aliphatic carbocycles. The number of likely N-dealkylation sites (tertiary alicyclic amines) is 1. The summed E-state index contributed by atoms with van der Waals surface area (Å²) in [5.41, 5.74) is 4.93. The molecule has 3 aromatic rings. The van der Waals surface area contributed by atoms with Crippen molar-refractivity contribution in [2.75, 3.05) is 26.2 Å². The highest BCUT2D eigenvalue weighted by molar-refractivity contribution is 6.35. The number of aromatic hydroxyl groups is 2. The Morgan fingerprint density at radius 3 is 2.29 bits per heavy atom. The third-order valence-corrected chi connectivity index (χ3v) is 6.74. The van der Waals surface area contributed by atoms with Crippen LogP contribution in [0.25, 0.3) is 11.1 Å². The number of nitrogens with zero attached hydrogens (tertiary/aromatic N) is 1. The number of carbonyl (C=O) groups is 1. The molecule has 0 unspecified atom stereocenters. The van der Waals surface area contributed by atoms with Crippen LogP contribution in [0.15, 0.2) is 66.7 Å². The predicted molar refractivity (Wildman–Crippen MR) is 133 cm³/mol. The maximum Gasteiger partial charge on any atom is 0.193 e. The molecule has 0 spiro atoms. The lowest BCUT2D eigenvalue weighted by atomic mass is 9.79. The first-order valence-electron chi connectivity index (χ1n) is 11.9. The van der Waals surface area contributed by atoms with Gasteiger partial charge in [0, 0.05) is 17.7 Å². The van der Waals surface area contributed by atoms with Crippen molar-refractivity contribution >= 4 is 16.9 Å². The van der Waals surface area contributed by atoms with Crippen molar-refractivity contribution < 1.29 is 19.7 Å². The van der Waals surface area contributed by atoms with Crippen molar-refractivity contribution in [2.24, 2.45) is 0 Å². The predicted octanol–water partition coefficient (Wildman–Crippen LogP) is 5.31. The molecule has 0 amide bonds. The van der Waals surface area contributed by atoms with Gasteiger partial charge in [-0.1, -0.05) is 18.2 Å². The van der Waals surface area contributed by atoms with Crippen LogP contribution in [0.4, 0.5) is 0 Å². The molecule has 0 saturated carbocycles. The monoisotopic (exact) mass is 455 g/mol. The molecule has 1 heterocycles. The number of ketones is 1. The molecule has 5 heteroatoms. The zero-order valence-electron chi connectivity index (χ0n) is 19.2. The molecule has 5 nitrogen and oxygen atoms in total. The van der Waals surface area contributed by atoms with E-state index in [1.165, 1.54) is 12.8 Å². The summed E-state index contributed by atoms with van der Waals surface area (Å²) in [7, 11) is 0. The second kappa shape index (κ2) is 9.74. The summed E-state index contributed by atoms with van der Waals surface area (Å²) in [6, 6.07) is 19.5. The first-order valence-corrected chi connectivity index (χ1v) is 11.9. The summed E-state index contributed by atoms with van der Waals surface area (Å²) in [5.74, 6) is 1.10. The Kier molecular flexibility index (Phi) is 6.37. The van der Waals surface area contributed by atoms with Gasteiger partial charge in [0.1, 0.15) is 23.9 Å². The second-order valence-corrected chi connectivity index (χ2v) is 8.99. The number of benzene rings is 3. The number of phenolic OH excluding ortho intramolecular Hbond substituents is 2. The molecule has 0 atom stereocenters. The summed E-state index contributed by atoms with van der Waals surface area (Å²) < 4.78 is 5.90. The minimum Gasteiger partial charge on any atom is -0.508 e. The van der Waals surface area contributed by atoms with E-state index in [0.29, 0.717) is 24.2 Å². The fourth-order valence-corrected chi connectivity index (χ4v) is 4.93. The van der Waals surface area contributed by atoms with Crippen LogP contribution in [-0.4, -0.2) is 47.1 Å². The lowest BCUT2D eigenvalue weighted by Gasteiger charge is -2.23. The highest BCUT2D eigenvalue weighted by atomic mass is 16.5. The Balaban J connectivity index is 1.42. The van der Waals surface area contributed by atoms with E-state index >= 15 is 0 Å². The zero-order valence-corrected chi connectivity index (χ0v) is 19.2. The van der Waals surface area contributed by atoms with Crippen molar-refractivity contribution in [3.05, 3.63) is 89.0 Å². The van der Waals surface area contributed by atoms with E-state index in [1.54, 1.807) is 24.3 Å². The van der Waals surface area contributed by atoms with E-state index in [0.717, 1.165) is 54.1 Å². The van der Waals surface area contributed by atoms with Crippen molar-refractivity contribution in [1.29, 1.82) is 0 Å². The van der Waals surface area contributed by atoms with E-state index in [2.05, 4.69) is 4.90 Å². The maximum atomic E-state index is 13.8. The Morgan fingerprint density at radius 1 is 0.853 bits per heavy atom. The molecular formula is C29H29NO4. The maximum absolute atomic E-state index is 13.8. The molecule has 0 bridgehead atoms. The fraction of sp³-hybridized carbons (Fsp3) is 0.276. The molecule has 1 aliphatic heterocycles. The van der Waals surface area contributed by atoms with Gasteiger partial charge >= 0.3 is 0 Å². The van der Waals surface area contributed by atoms with E-state index < -0.39 is 0 Å². The van der Waals surface area contributed by atoms with Crippen molar-refractivity contribution in [2.45, 2.75) is 25.7 Å². The van der Waals surface area contributed by atoms with Gasteiger partial charge in [-0.15, -0.1) is 0 Å². The molecule has 2 aliphatic rings. The highest BCUT2D eigenvalue weighted by Gasteiger charge is 2.26. The number of fused-ring (bicyclic) bond motifs is 1. The zero-order chi connectivity index (χ0) is 23.5. The number of hydrogen-bond donors (Lipinski definition) is 2. The van der Waals surface area contributed by atoms with Crippen LogP contribution in [0.3, 0.4) is 0 Å². The van der Waals surface area contributed by atoms with Crippen LogP contribution in [0.5, 0.6) is 17.2 Å². The second-order valence-electron chi connectivity index (χ2n) is 8.99. The minimum atomic E-state index is -0.0571. The standard InChI is InChI=1S/C29H29NO4/c31-23-8-3-20(4-9-23)26-13-7-22-19-24(32)10-14-27(22)28(26)29(33)21-5-11-25(12-6-21)34-18-17-30-15-1-2-16-30/h3-6,8-12,14,19,31-32H,1-2,7,13,15-18H2. The van der Waals surface area contributed by atoms with Crippen LogP contribution in [0, 0.1) is 0 Å². The normalized spacial score (nSPS) is 15.9. The fourth-order valence-electron chi connectivity index (χ4n) is 4.93. The first-order chi connectivity index (χ1) is 16.6. The number of ether oxygens (including phenoxy) is 1. The van der Waals surface area contributed by atoms with Gasteiger partial charge < -0.3 is 14.9 Å². The van der Waals surface area contributed by atoms with Gasteiger partial charge in [-0.2, -0.15) is 0 Å². The van der Waals surface area contributed by atoms with Crippen LogP contribution in [0.1, 0.15) is 46.3 Å². The van der Waals surface area contributed by atoms with Gasteiger partial charge in [0.05, 0.1) is 0 Å². The Labute approximate surface area is 199 Å². The minimum absolute atomic E-state index is 0.0571. The molecule has 1 fully saturated rings. The SMILES string of the molecule is O=C(C1=C(c2ccc(O)cc2)CCc2cc(O)ccc21)c1ccc(OCCN2CCCC2)cc1. The van der Waals surface area contributed by atoms with Gasteiger partial charge in [-0.05, 0) is 110 Å². The number of Topliss-reactive ketones (excluding diaryl/α,β-unsaturated/α-hetero) is 1. The van der Waals surface area contributed by atoms with Gasteiger partial charge in [0.15, 0.2) is 5.78 Å². The molecule has 2 N–H and O–H groups in total. The summed E-state index contributed by atoms with van der Waals surface area (Å²) in [5, 5.41) is 19.7. The molecule has 0 radical (unpaired) electrons. The van der Waals surface area contributed by atoms with Gasteiger partial charge in [-0.3, -0.25) is 9.69 Å². The smallest absolute Gasteiger partial charge is 0.193 e. The molecule has 174 valence electrons. The summed E-state index contributed by atoms with van der Waals surface area (Å²) in [6.07, 6.45) is 3.95. The number of carbonyl (C=O) groups excluding carboxylic acids is 1. The molecule has 0 aromatic heterocycles. The number of hydrogen-bond acceptors (Lipinski definition) is 5. The Morgan fingerprint density at radius 2 is 1.56 bits per heavy atom. The Hall–Kier alpha value is -3.57. The average Bonchev–Trinajstić information content (AvgIpc) is 3.37. The van der Waals surface area contributed by atoms with Crippen LogP contribution < -0.4 is 4.74 Å². The van der Waals surface area contributed by atoms with Crippen LogP contribution >= 0.6 is 0 Å². The third-order valence-electron chi connectivity index (χ3n) is 6.74. The lowest BCUT2D eigenvalue weighted by molar-refractivity contribution is 0.105. The topological polar surface area (TPSA) is 70.0 Å². The number of phenols is 2. The lowest BCUT2D eigenvalue weighted by Crippen LogP contribution is -2.25. The largest absolute Gasteiger partial charge is 0.508 e. The molecule has 1 saturated heterocycles. The van der Waals surface area contributed by atoms with Gasteiger partial charge in [-0.25, -0.2) is 0 Å². The average molecular weight is 456 g/mol. The summed E-state index contributed by atoms with van der Waals surface area (Å²) >= 11 is 0. The molecular weight excluding hydrogens is 426 g/mol. The molecule has 3 aromatic carbocycles. The highest BCUT2D eigenvalue weighted by Crippen LogP contribution is 2.40. The van der Waals surface area contributed by atoms with E-state index in [9.17, 15) is 15.0 Å². The van der Waals surface area contributed by atoms with Crippen LogP contribution in [0.2, 0.25) is 0 Å². The first kappa shape index (κ1) is 22.2. The van der Waals surface area contributed by atoms with E-state index in [4.69, 9.17) is 4.74 Å². The van der Waals surface area contributed by atoms with Crippen LogP contribution in [-0.2, 0) is 6.42 Å². The number of rotatable bonds is 7. The summed E-state index contributed by atoms with van der Waals surface area (Å²) in [6.45, 7) is 3.86. The quantitative estimate of drug-likeness (QED) is 0.473. The van der Waals surface area contributed by atoms with Crippen molar-refractivity contribution in [1.82, 2.24) is 4.90 Å².